The van der Waals surface area contributed by atoms with E-state index in [0.29, 0.717) is 31.5 Å². The lowest BCUT2D eigenvalue weighted by molar-refractivity contribution is -0.118. The molecule has 0 bridgehead atoms. The summed E-state index contributed by atoms with van der Waals surface area (Å²) in [6, 6.07) is 0. The van der Waals surface area contributed by atoms with Crippen LogP contribution >= 0.6 is 0 Å². The number of hydrogen-bond acceptors (Lipinski definition) is 3. The third-order valence-electron chi connectivity index (χ3n) is 3.47. The van der Waals surface area contributed by atoms with Gasteiger partial charge in [-0.05, 0) is 32.3 Å². The Morgan fingerprint density at radius 3 is 3.00 bits per heavy atom. The van der Waals surface area contributed by atoms with Gasteiger partial charge in [0.1, 0.15) is 6.79 Å². The van der Waals surface area contributed by atoms with E-state index < -0.39 is 0 Å². The topological polar surface area (TPSA) is 35.5 Å². The molecule has 0 aromatic heterocycles. The van der Waals surface area contributed by atoms with Gasteiger partial charge in [-0.15, -0.1) is 0 Å². The zero-order valence-electron chi connectivity index (χ0n) is 9.41. The van der Waals surface area contributed by atoms with Gasteiger partial charge in [-0.1, -0.05) is 5.57 Å². The predicted molar refractivity (Wildman–Crippen MR) is 56.4 cm³/mol. The second-order valence-electron chi connectivity index (χ2n) is 4.24. The molecule has 0 amide bonds. The lowest BCUT2D eigenvalue weighted by atomic mass is 10.0. The molecule has 0 saturated heterocycles. The fourth-order valence-corrected chi connectivity index (χ4v) is 2.58. The Hall–Kier alpha value is -0.670. The number of Topliss-reactive ketones (excluding diaryl/α,β-unsaturated/α-hetero) is 1. The molecule has 2 atom stereocenters. The van der Waals surface area contributed by atoms with Gasteiger partial charge in [0.25, 0.3) is 0 Å². The summed E-state index contributed by atoms with van der Waals surface area (Å²) >= 11 is 0. The van der Waals surface area contributed by atoms with Crippen LogP contribution in [0.4, 0.5) is 0 Å². The van der Waals surface area contributed by atoms with Crippen LogP contribution in [0.5, 0.6) is 0 Å². The highest BCUT2D eigenvalue weighted by Gasteiger charge is 2.40. The van der Waals surface area contributed by atoms with Crippen molar-refractivity contribution in [3.63, 3.8) is 0 Å². The molecule has 0 heterocycles. The first kappa shape index (κ1) is 10.8. The number of fused-ring (bicyclic) bond motifs is 1. The number of ketones is 1. The van der Waals surface area contributed by atoms with Gasteiger partial charge in [0.15, 0.2) is 5.78 Å². The van der Waals surface area contributed by atoms with Gasteiger partial charge in [0.05, 0.1) is 6.10 Å². The zero-order chi connectivity index (χ0) is 10.8. The second kappa shape index (κ2) is 4.45. The average Bonchev–Trinajstić information content (AvgIpc) is 2.72. The summed E-state index contributed by atoms with van der Waals surface area (Å²) in [6.45, 7) is 4.94. The van der Waals surface area contributed by atoms with E-state index in [9.17, 15) is 4.79 Å². The molecule has 1 fully saturated rings. The number of ether oxygens (including phenoxy) is 2. The summed E-state index contributed by atoms with van der Waals surface area (Å²) < 4.78 is 10.8. The lowest BCUT2D eigenvalue weighted by Gasteiger charge is -2.17. The molecule has 0 unspecified atom stereocenters. The highest BCUT2D eigenvalue weighted by atomic mass is 16.7. The van der Waals surface area contributed by atoms with Crippen molar-refractivity contribution < 1.29 is 14.3 Å². The molecule has 84 valence electrons. The number of allylic oxidation sites excluding steroid dienone is 1. The van der Waals surface area contributed by atoms with Crippen LogP contribution in [-0.4, -0.2) is 25.3 Å². The van der Waals surface area contributed by atoms with Crippen molar-refractivity contribution in [3.8, 4) is 0 Å². The maximum atomic E-state index is 11.5. The molecule has 0 aliphatic heterocycles. The molecular formula is C12H18O3. The highest BCUT2D eigenvalue weighted by Crippen LogP contribution is 2.43. The minimum atomic E-state index is 0.202. The molecule has 0 aromatic rings. The average molecular weight is 210 g/mol. The van der Waals surface area contributed by atoms with Gasteiger partial charge < -0.3 is 9.47 Å². The molecule has 2 rings (SSSR count). The van der Waals surface area contributed by atoms with Crippen molar-refractivity contribution in [2.45, 2.75) is 39.2 Å². The number of carbonyl (C=O) groups excluding carboxylic acids is 1. The van der Waals surface area contributed by atoms with Crippen molar-refractivity contribution in [2.24, 2.45) is 5.92 Å². The molecule has 2 aliphatic rings. The van der Waals surface area contributed by atoms with E-state index in [1.165, 1.54) is 5.57 Å². The normalized spacial score (nSPS) is 30.1. The van der Waals surface area contributed by atoms with E-state index in [-0.39, 0.29) is 6.10 Å². The Labute approximate surface area is 90.4 Å². The van der Waals surface area contributed by atoms with Crippen molar-refractivity contribution >= 4 is 5.78 Å². The van der Waals surface area contributed by atoms with Crippen LogP contribution in [0.25, 0.3) is 0 Å². The predicted octanol–water partition coefficient (Wildman–Crippen LogP) is 2.06. The standard InChI is InChI=1S/C12H18O3/c1-3-14-7-15-12-5-4-9-8(2)11(13)6-10(9)12/h10,12H,3-7H2,1-2H3/t10-,12+/m1/s1. The van der Waals surface area contributed by atoms with Crippen LogP contribution in [0, 0.1) is 5.92 Å². The van der Waals surface area contributed by atoms with Gasteiger partial charge in [-0.25, -0.2) is 0 Å². The molecule has 15 heavy (non-hydrogen) atoms. The third-order valence-corrected chi connectivity index (χ3v) is 3.47. The smallest absolute Gasteiger partial charge is 0.159 e. The number of carbonyl (C=O) groups is 1. The van der Waals surface area contributed by atoms with Crippen LogP contribution in [0.3, 0.4) is 0 Å². The SMILES string of the molecule is CCOCO[C@H]1CCC2=C(C)C(=O)C[C@H]21. The van der Waals surface area contributed by atoms with E-state index in [1.807, 2.05) is 13.8 Å². The molecule has 0 N–H and O–H groups in total. The minimum Gasteiger partial charge on any atom is -0.356 e. The van der Waals surface area contributed by atoms with Crippen LogP contribution in [0.2, 0.25) is 0 Å². The summed E-state index contributed by atoms with van der Waals surface area (Å²) in [5.41, 5.74) is 2.32. The molecule has 2 aliphatic carbocycles. The second-order valence-corrected chi connectivity index (χ2v) is 4.24. The van der Waals surface area contributed by atoms with Crippen LogP contribution in [0.15, 0.2) is 11.1 Å². The van der Waals surface area contributed by atoms with Crippen molar-refractivity contribution in [3.05, 3.63) is 11.1 Å². The Balaban J connectivity index is 1.94. The van der Waals surface area contributed by atoms with Crippen molar-refractivity contribution in [2.75, 3.05) is 13.4 Å². The summed E-state index contributed by atoms with van der Waals surface area (Å²) in [7, 11) is 0. The van der Waals surface area contributed by atoms with Crippen LogP contribution < -0.4 is 0 Å². The fraction of sp³-hybridized carbons (Fsp3) is 0.750. The van der Waals surface area contributed by atoms with Crippen molar-refractivity contribution in [1.29, 1.82) is 0 Å². The molecule has 1 saturated carbocycles. The fourth-order valence-electron chi connectivity index (χ4n) is 2.58. The molecule has 0 spiro atoms. The lowest BCUT2D eigenvalue weighted by Crippen LogP contribution is -2.20. The highest BCUT2D eigenvalue weighted by molar-refractivity contribution is 5.98. The Morgan fingerprint density at radius 2 is 2.27 bits per heavy atom. The zero-order valence-corrected chi connectivity index (χ0v) is 9.41. The Morgan fingerprint density at radius 1 is 1.47 bits per heavy atom. The number of rotatable bonds is 4. The van der Waals surface area contributed by atoms with E-state index in [0.717, 1.165) is 18.4 Å². The van der Waals surface area contributed by atoms with Gasteiger partial charge in [-0.3, -0.25) is 4.79 Å². The van der Waals surface area contributed by atoms with Gasteiger partial charge in [-0.2, -0.15) is 0 Å². The number of hydrogen-bond donors (Lipinski definition) is 0. The Bertz CT molecular complexity index is 293. The first-order valence-electron chi connectivity index (χ1n) is 5.66. The van der Waals surface area contributed by atoms with Crippen LogP contribution in [-0.2, 0) is 14.3 Å². The monoisotopic (exact) mass is 210 g/mol. The largest absolute Gasteiger partial charge is 0.356 e. The van der Waals surface area contributed by atoms with E-state index in [2.05, 4.69) is 0 Å². The first-order chi connectivity index (χ1) is 7.24. The molecular weight excluding hydrogens is 192 g/mol. The van der Waals surface area contributed by atoms with E-state index in [1.54, 1.807) is 0 Å². The maximum absolute atomic E-state index is 11.5. The molecule has 3 nitrogen and oxygen atoms in total. The van der Waals surface area contributed by atoms with Crippen molar-refractivity contribution in [1.82, 2.24) is 0 Å². The summed E-state index contributed by atoms with van der Waals surface area (Å²) in [6.07, 6.45) is 2.92. The minimum absolute atomic E-state index is 0.202. The summed E-state index contributed by atoms with van der Waals surface area (Å²) in [4.78, 5) is 11.5. The van der Waals surface area contributed by atoms with E-state index in [4.69, 9.17) is 9.47 Å². The van der Waals surface area contributed by atoms with E-state index >= 15 is 0 Å². The van der Waals surface area contributed by atoms with Gasteiger partial charge in [0.2, 0.25) is 0 Å². The summed E-state index contributed by atoms with van der Waals surface area (Å²) in [5, 5.41) is 0. The quantitative estimate of drug-likeness (QED) is 0.526. The first-order valence-corrected chi connectivity index (χ1v) is 5.66. The Kier molecular flexibility index (Phi) is 3.22. The van der Waals surface area contributed by atoms with Gasteiger partial charge in [0, 0.05) is 18.9 Å². The summed E-state index contributed by atoms with van der Waals surface area (Å²) in [5.74, 6) is 0.651. The van der Waals surface area contributed by atoms with Crippen LogP contribution in [0.1, 0.15) is 33.1 Å². The molecule has 0 radical (unpaired) electrons. The molecule has 0 aromatic carbocycles. The maximum Gasteiger partial charge on any atom is 0.159 e. The third kappa shape index (κ3) is 1.99. The van der Waals surface area contributed by atoms with Gasteiger partial charge >= 0.3 is 0 Å². The molecule has 3 heteroatoms.